The third kappa shape index (κ3) is 8.74. The highest BCUT2D eigenvalue weighted by Gasteiger charge is 2.15. The van der Waals surface area contributed by atoms with Crippen LogP contribution in [-0.2, 0) is 0 Å². The molecule has 1 atom stereocenters. The van der Waals surface area contributed by atoms with Crippen LogP contribution in [0, 0.1) is 5.82 Å². The van der Waals surface area contributed by atoms with Crippen LogP contribution in [0.1, 0.15) is 37.0 Å². The van der Waals surface area contributed by atoms with Gasteiger partial charge < -0.3 is 15.2 Å². The number of benzene rings is 1. The largest absolute Gasteiger partial charge is 0.489 e. The van der Waals surface area contributed by atoms with Gasteiger partial charge in [-0.15, -0.1) is 6.58 Å². The SMILES string of the molecule is C=CCCNCC=CCOc1ccc(C(=O)CC(O)C=C(C)C)c(F)c1. The lowest BCUT2D eigenvalue weighted by atomic mass is 10.0. The summed E-state index contributed by atoms with van der Waals surface area (Å²) < 4.78 is 19.6. The number of nitrogens with one attached hydrogen (secondary N) is 1. The van der Waals surface area contributed by atoms with E-state index < -0.39 is 17.7 Å². The van der Waals surface area contributed by atoms with Crippen LogP contribution in [0.5, 0.6) is 5.75 Å². The predicted molar refractivity (Wildman–Crippen MR) is 103 cm³/mol. The fraction of sp³-hybridized carbons (Fsp3) is 0.381. The quantitative estimate of drug-likeness (QED) is 0.337. The lowest BCUT2D eigenvalue weighted by molar-refractivity contribution is 0.0918. The highest BCUT2D eigenvalue weighted by molar-refractivity contribution is 5.96. The minimum absolute atomic E-state index is 0.0412. The first kappa shape index (κ1) is 21.8. The van der Waals surface area contributed by atoms with E-state index in [0.29, 0.717) is 12.4 Å². The summed E-state index contributed by atoms with van der Waals surface area (Å²) in [5.41, 5.74) is 0.860. The molecule has 0 spiro atoms. The molecule has 4 nitrogen and oxygen atoms in total. The van der Waals surface area contributed by atoms with E-state index in [1.165, 1.54) is 12.1 Å². The van der Waals surface area contributed by atoms with Crippen LogP contribution in [0.2, 0.25) is 0 Å². The first-order valence-electron chi connectivity index (χ1n) is 8.69. The van der Waals surface area contributed by atoms with Crippen molar-refractivity contribution in [3.8, 4) is 5.75 Å². The smallest absolute Gasteiger partial charge is 0.168 e. The summed E-state index contributed by atoms with van der Waals surface area (Å²) in [6, 6.07) is 4.14. The Bertz CT molecular complexity index is 649. The molecule has 1 rings (SSSR count). The molecule has 5 heteroatoms. The molecule has 0 saturated carbocycles. The highest BCUT2D eigenvalue weighted by Crippen LogP contribution is 2.19. The first-order valence-corrected chi connectivity index (χ1v) is 8.69. The number of Topliss-reactive ketones (excluding diaryl/α,β-unsaturated/α-hetero) is 1. The van der Waals surface area contributed by atoms with Gasteiger partial charge in [-0.2, -0.15) is 0 Å². The summed E-state index contributed by atoms with van der Waals surface area (Å²) >= 11 is 0. The van der Waals surface area contributed by atoms with Crippen molar-refractivity contribution in [3.63, 3.8) is 0 Å². The summed E-state index contributed by atoms with van der Waals surface area (Å²) in [5.74, 6) is -0.732. The third-order valence-electron chi connectivity index (χ3n) is 3.46. The van der Waals surface area contributed by atoms with Gasteiger partial charge in [0.1, 0.15) is 18.2 Å². The Labute approximate surface area is 155 Å². The predicted octanol–water partition coefficient (Wildman–Crippen LogP) is 3.83. The fourth-order valence-corrected chi connectivity index (χ4v) is 2.24. The second-order valence-electron chi connectivity index (χ2n) is 6.14. The molecule has 0 aliphatic rings. The van der Waals surface area contributed by atoms with E-state index in [1.807, 2.05) is 32.1 Å². The maximum absolute atomic E-state index is 14.1. The average molecular weight is 361 g/mol. The van der Waals surface area contributed by atoms with Crippen molar-refractivity contribution in [3.05, 3.63) is 66.0 Å². The van der Waals surface area contributed by atoms with Gasteiger partial charge in [0.15, 0.2) is 5.78 Å². The topological polar surface area (TPSA) is 58.6 Å². The van der Waals surface area contributed by atoms with Crippen molar-refractivity contribution in [2.75, 3.05) is 19.7 Å². The summed E-state index contributed by atoms with van der Waals surface area (Å²) in [6.07, 6.45) is 7.06. The monoisotopic (exact) mass is 361 g/mol. The summed E-state index contributed by atoms with van der Waals surface area (Å²) in [6.45, 7) is 9.21. The number of ether oxygens (including phenoxy) is 1. The van der Waals surface area contributed by atoms with E-state index in [9.17, 15) is 14.3 Å². The van der Waals surface area contributed by atoms with Gasteiger partial charge in [0, 0.05) is 19.0 Å². The molecular weight excluding hydrogens is 333 g/mol. The summed E-state index contributed by atoms with van der Waals surface area (Å²) in [5, 5.41) is 13.0. The van der Waals surface area contributed by atoms with Gasteiger partial charge in [-0.05, 0) is 38.9 Å². The van der Waals surface area contributed by atoms with Crippen molar-refractivity contribution in [2.24, 2.45) is 0 Å². The second-order valence-corrected chi connectivity index (χ2v) is 6.14. The zero-order chi connectivity index (χ0) is 19.4. The third-order valence-corrected chi connectivity index (χ3v) is 3.46. The van der Waals surface area contributed by atoms with Gasteiger partial charge in [0.2, 0.25) is 0 Å². The van der Waals surface area contributed by atoms with Crippen LogP contribution in [0.15, 0.2) is 54.7 Å². The van der Waals surface area contributed by atoms with Crippen LogP contribution < -0.4 is 10.1 Å². The Morgan fingerprint density at radius 3 is 2.81 bits per heavy atom. The Morgan fingerprint density at radius 1 is 1.38 bits per heavy atom. The Morgan fingerprint density at radius 2 is 2.15 bits per heavy atom. The second kappa shape index (κ2) is 12.2. The molecule has 0 aliphatic heterocycles. The molecule has 0 heterocycles. The lowest BCUT2D eigenvalue weighted by Gasteiger charge is -2.09. The normalized spacial score (nSPS) is 12.0. The fourth-order valence-electron chi connectivity index (χ4n) is 2.24. The number of ketones is 1. The van der Waals surface area contributed by atoms with Crippen LogP contribution in [0.4, 0.5) is 4.39 Å². The minimum atomic E-state index is -0.909. The molecule has 26 heavy (non-hydrogen) atoms. The van der Waals surface area contributed by atoms with E-state index in [1.54, 1.807) is 12.1 Å². The standard InChI is InChI=1S/C21H28FNO3/c1-4-5-10-23-11-6-7-12-26-18-8-9-19(20(22)15-18)21(25)14-17(24)13-16(2)3/h4,6-9,13,15,17,23-24H,1,5,10-12,14H2,2-3H3. The molecule has 0 saturated heterocycles. The van der Waals surface area contributed by atoms with Gasteiger partial charge in [-0.1, -0.05) is 29.9 Å². The number of halogens is 1. The molecular formula is C21H28FNO3. The molecule has 0 aliphatic carbocycles. The van der Waals surface area contributed by atoms with Gasteiger partial charge in [-0.3, -0.25) is 4.79 Å². The van der Waals surface area contributed by atoms with Gasteiger partial charge in [0.05, 0.1) is 11.7 Å². The number of hydrogen-bond acceptors (Lipinski definition) is 4. The van der Waals surface area contributed by atoms with Crippen molar-refractivity contribution < 1.29 is 19.0 Å². The molecule has 0 amide bonds. The molecule has 2 N–H and O–H groups in total. The highest BCUT2D eigenvalue weighted by atomic mass is 19.1. The molecule has 0 aromatic heterocycles. The molecule has 0 radical (unpaired) electrons. The average Bonchev–Trinajstić information content (AvgIpc) is 2.56. The Balaban J connectivity index is 2.48. The number of carbonyl (C=O) groups is 1. The number of aliphatic hydroxyl groups excluding tert-OH is 1. The number of carbonyl (C=O) groups excluding carboxylic acids is 1. The zero-order valence-corrected chi connectivity index (χ0v) is 15.5. The van der Waals surface area contributed by atoms with E-state index in [0.717, 1.165) is 25.1 Å². The number of aliphatic hydroxyl groups is 1. The van der Waals surface area contributed by atoms with Gasteiger partial charge in [-0.25, -0.2) is 4.39 Å². The molecule has 0 fully saturated rings. The van der Waals surface area contributed by atoms with Gasteiger partial charge >= 0.3 is 0 Å². The molecule has 142 valence electrons. The Kier molecular flexibility index (Phi) is 10.2. The molecule has 1 aromatic carbocycles. The number of rotatable bonds is 12. The maximum atomic E-state index is 14.1. The first-order chi connectivity index (χ1) is 12.4. The van der Waals surface area contributed by atoms with Gasteiger partial charge in [0.25, 0.3) is 0 Å². The van der Waals surface area contributed by atoms with E-state index >= 15 is 0 Å². The van der Waals surface area contributed by atoms with E-state index in [-0.39, 0.29) is 12.0 Å². The number of hydrogen-bond donors (Lipinski definition) is 2. The van der Waals surface area contributed by atoms with E-state index in [4.69, 9.17) is 4.74 Å². The van der Waals surface area contributed by atoms with Crippen LogP contribution >= 0.6 is 0 Å². The van der Waals surface area contributed by atoms with Crippen molar-refractivity contribution in [1.29, 1.82) is 0 Å². The van der Waals surface area contributed by atoms with E-state index in [2.05, 4.69) is 11.9 Å². The van der Waals surface area contributed by atoms with Crippen LogP contribution in [0.25, 0.3) is 0 Å². The Hall–Kier alpha value is -2.24. The summed E-state index contributed by atoms with van der Waals surface area (Å²) in [7, 11) is 0. The van der Waals surface area contributed by atoms with Crippen molar-refractivity contribution >= 4 is 5.78 Å². The van der Waals surface area contributed by atoms with Crippen LogP contribution in [0.3, 0.4) is 0 Å². The maximum Gasteiger partial charge on any atom is 0.168 e. The zero-order valence-electron chi connectivity index (χ0n) is 15.5. The molecule has 0 bridgehead atoms. The molecule has 1 unspecified atom stereocenters. The van der Waals surface area contributed by atoms with Crippen molar-refractivity contribution in [1.82, 2.24) is 5.32 Å². The number of allylic oxidation sites excluding steroid dienone is 1. The summed E-state index contributed by atoms with van der Waals surface area (Å²) in [4.78, 5) is 12.1. The minimum Gasteiger partial charge on any atom is -0.489 e. The van der Waals surface area contributed by atoms with Crippen LogP contribution in [-0.4, -0.2) is 36.7 Å². The molecule has 1 aromatic rings. The lowest BCUT2D eigenvalue weighted by Crippen LogP contribution is -2.14. The van der Waals surface area contributed by atoms with Crippen molar-refractivity contribution in [2.45, 2.75) is 32.8 Å².